The van der Waals surface area contributed by atoms with Crippen LogP contribution in [0.3, 0.4) is 0 Å². The van der Waals surface area contributed by atoms with Gasteiger partial charge in [-0.05, 0) is 44.5 Å². The number of methoxy groups -OCH3 is 1. The molecule has 3 nitrogen and oxygen atoms in total. The molecule has 0 amide bonds. The number of ether oxygens (including phenoxy) is 1. The van der Waals surface area contributed by atoms with Crippen LogP contribution < -0.4 is 10.1 Å². The second-order valence-corrected chi connectivity index (χ2v) is 4.08. The Kier molecular flexibility index (Phi) is 5.29. The minimum Gasteiger partial charge on any atom is -0.497 e. The van der Waals surface area contributed by atoms with E-state index >= 15 is 0 Å². The fraction of sp³-hybridized carbons (Fsp3) is 0.538. The summed E-state index contributed by atoms with van der Waals surface area (Å²) in [5.41, 5.74) is 1.27. The van der Waals surface area contributed by atoms with Crippen LogP contribution in [-0.2, 0) is 6.42 Å². The van der Waals surface area contributed by atoms with Gasteiger partial charge >= 0.3 is 0 Å². The molecule has 0 aliphatic rings. The molecule has 0 aliphatic heterocycles. The highest BCUT2D eigenvalue weighted by Crippen LogP contribution is 2.11. The predicted molar refractivity (Wildman–Crippen MR) is 65.8 cm³/mol. The zero-order chi connectivity index (χ0) is 12.0. The molecular formula is C13H21NO2. The Balaban J connectivity index is 2.31. The largest absolute Gasteiger partial charge is 0.497 e. The third kappa shape index (κ3) is 4.21. The summed E-state index contributed by atoms with van der Waals surface area (Å²) < 4.78 is 5.09. The zero-order valence-corrected chi connectivity index (χ0v) is 10.2. The number of aliphatic hydroxyl groups is 1. The van der Waals surface area contributed by atoms with Crippen molar-refractivity contribution in [3.05, 3.63) is 29.8 Å². The lowest BCUT2D eigenvalue weighted by Crippen LogP contribution is -2.36. The SMILES string of the molecule is COc1ccc(CCNC(C)C(C)O)cc1. The maximum atomic E-state index is 9.31. The Morgan fingerprint density at radius 1 is 1.25 bits per heavy atom. The van der Waals surface area contributed by atoms with E-state index in [1.807, 2.05) is 19.1 Å². The van der Waals surface area contributed by atoms with Crippen molar-refractivity contribution >= 4 is 0 Å². The van der Waals surface area contributed by atoms with Gasteiger partial charge in [0.2, 0.25) is 0 Å². The van der Waals surface area contributed by atoms with Gasteiger partial charge in [0.1, 0.15) is 5.75 Å². The first-order valence-corrected chi connectivity index (χ1v) is 5.68. The number of rotatable bonds is 6. The minimum absolute atomic E-state index is 0.137. The third-order valence-electron chi connectivity index (χ3n) is 2.76. The lowest BCUT2D eigenvalue weighted by atomic mass is 10.1. The summed E-state index contributed by atoms with van der Waals surface area (Å²) in [6.07, 6.45) is 0.650. The fourth-order valence-electron chi connectivity index (χ4n) is 1.41. The number of nitrogens with one attached hydrogen (secondary N) is 1. The van der Waals surface area contributed by atoms with E-state index < -0.39 is 0 Å². The molecule has 0 bridgehead atoms. The molecule has 0 saturated carbocycles. The van der Waals surface area contributed by atoms with Crippen molar-refractivity contribution in [1.82, 2.24) is 5.32 Å². The van der Waals surface area contributed by atoms with Gasteiger partial charge in [-0.1, -0.05) is 12.1 Å². The topological polar surface area (TPSA) is 41.5 Å². The van der Waals surface area contributed by atoms with Gasteiger partial charge in [0, 0.05) is 6.04 Å². The van der Waals surface area contributed by atoms with Crippen LogP contribution in [0.15, 0.2) is 24.3 Å². The monoisotopic (exact) mass is 223 g/mol. The molecule has 1 rings (SSSR count). The van der Waals surface area contributed by atoms with E-state index in [2.05, 4.69) is 17.4 Å². The quantitative estimate of drug-likeness (QED) is 0.769. The Hall–Kier alpha value is -1.06. The lowest BCUT2D eigenvalue weighted by Gasteiger charge is -2.16. The van der Waals surface area contributed by atoms with Gasteiger partial charge in [-0.15, -0.1) is 0 Å². The third-order valence-corrected chi connectivity index (χ3v) is 2.76. The molecule has 2 unspecified atom stereocenters. The molecule has 1 aromatic carbocycles. The molecule has 0 aromatic heterocycles. The van der Waals surface area contributed by atoms with Crippen LogP contribution in [0.25, 0.3) is 0 Å². The summed E-state index contributed by atoms with van der Waals surface area (Å²) in [6, 6.07) is 8.19. The van der Waals surface area contributed by atoms with Gasteiger partial charge < -0.3 is 15.2 Å². The summed E-state index contributed by atoms with van der Waals surface area (Å²) in [7, 11) is 1.67. The molecule has 0 radical (unpaired) electrons. The number of hydrogen-bond acceptors (Lipinski definition) is 3. The number of aliphatic hydroxyl groups excluding tert-OH is 1. The van der Waals surface area contributed by atoms with Crippen LogP contribution in [0, 0.1) is 0 Å². The summed E-state index contributed by atoms with van der Waals surface area (Å²) in [5.74, 6) is 0.883. The first kappa shape index (κ1) is 13.0. The van der Waals surface area contributed by atoms with Crippen molar-refractivity contribution in [2.24, 2.45) is 0 Å². The van der Waals surface area contributed by atoms with Crippen LogP contribution in [0.5, 0.6) is 5.75 Å². The summed E-state index contributed by atoms with van der Waals surface area (Å²) in [4.78, 5) is 0. The van der Waals surface area contributed by atoms with Crippen LogP contribution in [0.1, 0.15) is 19.4 Å². The van der Waals surface area contributed by atoms with E-state index in [1.165, 1.54) is 5.56 Å². The van der Waals surface area contributed by atoms with E-state index in [4.69, 9.17) is 4.74 Å². The minimum atomic E-state index is -0.309. The van der Waals surface area contributed by atoms with Gasteiger partial charge in [-0.2, -0.15) is 0 Å². The highest BCUT2D eigenvalue weighted by molar-refractivity contribution is 5.27. The van der Waals surface area contributed by atoms with E-state index in [0.29, 0.717) is 0 Å². The van der Waals surface area contributed by atoms with Crippen molar-refractivity contribution in [2.75, 3.05) is 13.7 Å². The van der Waals surface area contributed by atoms with Crippen LogP contribution in [-0.4, -0.2) is 30.9 Å². The maximum absolute atomic E-state index is 9.31. The molecule has 0 heterocycles. The van der Waals surface area contributed by atoms with Crippen LogP contribution in [0.2, 0.25) is 0 Å². The summed E-state index contributed by atoms with van der Waals surface area (Å²) in [6.45, 7) is 4.65. The predicted octanol–water partition coefficient (Wildman–Crippen LogP) is 1.60. The van der Waals surface area contributed by atoms with E-state index in [0.717, 1.165) is 18.7 Å². The number of benzene rings is 1. The van der Waals surface area contributed by atoms with E-state index in [1.54, 1.807) is 14.0 Å². The molecule has 0 spiro atoms. The summed E-state index contributed by atoms with van der Waals surface area (Å²) in [5, 5.41) is 12.6. The lowest BCUT2D eigenvalue weighted by molar-refractivity contribution is 0.153. The second-order valence-electron chi connectivity index (χ2n) is 4.08. The Morgan fingerprint density at radius 3 is 2.38 bits per heavy atom. The van der Waals surface area contributed by atoms with Crippen LogP contribution in [0.4, 0.5) is 0 Å². The van der Waals surface area contributed by atoms with E-state index in [9.17, 15) is 5.11 Å². The molecule has 90 valence electrons. The molecule has 2 N–H and O–H groups in total. The van der Waals surface area contributed by atoms with Crippen molar-refractivity contribution < 1.29 is 9.84 Å². The molecule has 3 heteroatoms. The maximum Gasteiger partial charge on any atom is 0.118 e. The number of hydrogen-bond donors (Lipinski definition) is 2. The van der Waals surface area contributed by atoms with Gasteiger partial charge in [0.25, 0.3) is 0 Å². The second kappa shape index (κ2) is 6.51. The molecule has 0 saturated heterocycles. The molecule has 0 fully saturated rings. The van der Waals surface area contributed by atoms with Gasteiger partial charge in [0.15, 0.2) is 0 Å². The van der Waals surface area contributed by atoms with Crippen LogP contribution >= 0.6 is 0 Å². The highest BCUT2D eigenvalue weighted by atomic mass is 16.5. The standard InChI is InChI=1S/C13H21NO2/c1-10(11(2)15)14-9-8-12-4-6-13(16-3)7-5-12/h4-7,10-11,14-15H,8-9H2,1-3H3. The average molecular weight is 223 g/mol. The average Bonchev–Trinajstić information content (AvgIpc) is 2.29. The Labute approximate surface area is 97.4 Å². The first-order chi connectivity index (χ1) is 7.63. The van der Waals surface area contributed by atoms with Crippen molar-refractivity contribution in [3.8, 4) is 5.75 Å². The van der Waals surface area contributed by atoms with Crippen molar-refractivity contribution in [1.29, 1.82) is 0 Å². The Morgan fingerprint density at radius 2 is 1.88 bits per heavy atom. The molecule has 1 aromatic rings. The normalized spacial score (nSPS) is 14.5. The summed E-state index contributed by atoms with van der Waals surface area (Å²) >= 11 is 0. The Bertz CT molecular complexity index is 295. The molecule has 16 heavy (non-hydrogen) atoms. The van der Waals surface area contributed by atoms with Gasteiger partial charge in [-0.25, -0.2) is 0 Å². The fourth-order valence-corrected chi connectivity index (χ4v) is 1.41. The van der Waals surface area contributed by atoms with Gasteiger partial charge in [-0.3, -0.25) is 0 Å². The zero-order valence-electron chi connectivity index (χ0n) is 10.2. The van der Waals surface area contributed by atoms with Crippen molar-refractivity contribution in [3.63, 3.8) is 0 Å². The van der Waals surface area contributed by atoms with E-state index in [-0.39, 0.29) is 12.1 Å². The molecule has 2 atom stereocenters. The smallest absolute Gasteiger partial charge is 0.118 e. The molecular weight excluding hydrogens is 202 g/mol. The molecule has 0 aliphatic carbocycles. The highest BCUT2D eigenvalue weighted by Gasteiger charge is 2.06. The van der Waals surface area contributed by atoms with Gasteiger partial charge in [0.05, 0.1) is 13.2 Å². The first-order valence-electron chi connectivity index (χ1n) is 5.68. The van der Waals surface area contributed by atoms with Crippen molar-refractivity contribution in [2.45, 2.75) is 32.4 Å².